The Morgan fingerprint density at radius 3 is 2.76 bits per heavy atom. The highest BCUT2D eigenvalue weighted by Gasteiger charge is 2.35. The molecule has 2 unspecified atom stereocenters. The molecule has 2 atom stereocenters. The highest BCUT2D eigenvalue weighted by atomic mass is 79.9. The lowest BCUT2D eigenvalue weighted by molar-refractivity contribution is 0.773. The molecule has 0 saturated heterocycles. The lowest BCUT2D eigenvalue weighted by atomic mass is 10.3. The summed E-state index contributed by atoms with van der Waals surface area (Å²) in [5, 5.41) is 6.75. The number of aromatic nitrogens is 2. The topological polar surface area (TPSA) is 49.8 Å². The molecule has 2 rings (SSSR count). The maximum absolute atomic E-state index is 4.29. The summed E-state index contributed by atoms with van der Waals surface area (Å²) >= 11 is 3.56. The van der Waals surface area contributed by atoms with E-state index in [1.54, 1.807) is 6.33 Å². The summed E-state index contributed by atoms with van der Waals surface area (Å²) in [7, 11) is 0. The molecule has 2 N–H and O–H groups in total. The Hall–Kier alpha value is -0.840. The molecule has 1 heterocycles. The third-order valence-corrected chi connectivity index (χ3v) is 3.85. The van der Waals surface area contributed by atoms with Gasteiger partial charge in [-0.3, -0.25) is 0 Å². The van der Waals surface area contributed by atoms with Crippen molar-refractivity contribution in [2.24, 2.45) is 5.92 Å². The van der Waals surface area contributed by atoms with Crippen LogP contribution in [0.4, 0.5) is 11.6 Å². The summed E-state index contributed by atoms with van der Waals surface area (Å²) in [6.45, 7) is 5.29. The van der Waals surface area contributed by atoms with E-state index in [0.717, 1.165) is 35.0 Å². The van der Waals surface area contributed by atoms with Crippen LogP contribution in [0.3, 0.4) is 0 Å². The van der Waals surface area contributed by atoms with Crippen LogP contribution in [0.25, 0.3) is 0 Å². The van der Waals surface area contributed by atoms with Gasteiger partial charge in [-0.15, -0.1) is 0 Å². The largest absolute Gasteiger partial charge is 0.369 e. The second-order valence-electron chi connectivity index (χ2n) is 4.47. The molecule has 0 radical (unpaired) electrons. The molecule has 17 heavy (non-hydrogen) atoms. The number of hydrogen-bond acceptors (Lipinski definition) is 4. The van der Waals surface area contributed by atoms with Crippen LogP contribution < -0.4 is 10.6 Å². The van der Waals surface area contributed by atoms with Gasteiger partial charge in [0.05, 0.1) is 0 Å². The predicted octanol–water partition coefficient (Wildman–Crippen LogP) is 3.27. The zero-order valence-electron chi connectivity index (χ0n) is 10.3. The smallest absolute Gasteiger partial charge is 0.146 e. The Kier molecular flexibility index (Phi) is 4.20. The monoisotopic (exact) mass is 298 g/mol. The standard InChI is InChI=1S/C12H19BrN4/c1-3-5-14-11-10(13)12(16-7-15-11)17-9-6-8(9)4-2/h7-9H,3-6H2,1-2H3,(H2,14,15,16,17). The van der Waals surface area contributed by atoms with Crippen LogP contribution in [-0.4, -0.2) is 22.6 Å². The normalized spacial score (nSPS) is 22.3. The van der Waals surface area contributed by atoms with Gasteiger partial charge in [0.1, 0.15) is 22.4 Å². The van der Waals surface area contributed by atoms with E-state index in [0.29, 0.717) is 6.04 Å². The fraction of sp³-hybridized carbons (Fsp3) is 0.667. The van der Waals surface area contributed by atoms with Crippen LogP contribution in [0.1, 0.15) is 33.1 Å². The maximum atomic E-state index is 4.29. The van der Waals surface area contributed by atoms with E-state index in [1.165, 1.54) is 12.8 Å². The van der Waals surface area contributed by atoms with Gasteiger partial charge in [0.15, 0.2) is 0 Å². The Balaban J connectivity index is 2.02. The first-order chi connectivity index (χ1) is 8.26. The molecule has 4 nitrogen and oxygen atoms in total. The molecular formula is C12H19BrN4. The van der Waals surface area contributed by atoms with Crippen molar-refractivity contribution in [3.63, 3.8) is 0 Å². The SMILES string of the molecule is CCCNc1ncnc(NC2CC2CC)c1Br. The van der Waals surface area contributed by atoms with Crippen molar-refractivity contribution in [2.45, 2.75) is 39.2 Å². The first-order valence-electron chi connectivity index (χ1n) is 6.27. The van der Waals surface area contributed by atoms with Crippen molar-refractivity contribution in [2.75, 3.05) is 17.2 Å². The first kappa shape index (κ1) is 12.6. The Bertz CT molecular complexity index is 383. The summed E-state index contributed by atoms with van der Waals surface area (Å²) in [5.74, 6) is 2.58. The van der Waals surface area contributed by atoms with Crippen molar-refractivity contribution >= 4 is 27.6 Å². The van der Waals surface area contributed by atoms with Gasteiger partial charge in [-0.25, -0.2) is 9.97 Å². The molecule has 0 amide bonds. The van der Waals surface area contributed by atoms with Gasteiger partial charge in [-0.1, -0.05) is 20.3 Å². The minimum Gasteiger partial charge on any atom is -0.369 e. The third-order valence-electron chi connectivity index (χ3n) is 3.10. The average molecular weight is 299 g/mol. The highest BCUT2D eigenvalue weighted by molar-refractivity contribution is 9.10. The van der Waals surface area contributed by atoms with Crippen LogP contribution in [0.5, 0.6) is 0 Å². The van der Waals surface area contributed by atoms with Gasteiger partial charge in [-0.2, -0.15) is 0 Å². The fourth-order valence-corrected chi connectivity index (χ4v) is 2.35. The fourth-order valence-electron chi connectivity index (χ4n) is 1.89. The lowest BCUT2D eigenvalue weighted by Crippen LogP contribution is -2.09. The second kappa shape index (κ2) is 5.67. The van der Waals surface area contributed by atoms with Crippen molar-refractivity contribution in [3.05, 3.63) is 10.8 Å². The van der Waals surface area contributed by atoms with E-state index in [9.17, 15) is 0 Å². The van der Waals surface area contributed by atoms with Gasteiger partial charge in [0.2, 0.25) is 0 Å². The summed E-state index contributed by atoms with van der Waals surface area (Å²) < 4.78 is 0.940. The summed E-state index contributed by atoms with van der Waals surface area (Å²) in [4.78, 5) is 8.52. The van der Waals surface area contributed by atoms with Crippen LogP contribution in [0.2, 0.25) is 0 Å². The molecule has 1 aromatic heterocycles. The van der Waals surface area contributed by atoms with E-state index in [4.69, 9.17) is 0 Å². The molecule has 94 valence electrons. The van der Waals surface area contributed by atoms with Crippen molar-refractivity contribution < 1.29 is 0 Å². The van der Waals surface area contributed by atoms with E-state index in [1.807, 2.05) is 0 Å². The number of nitrogens with zero attached hydrogens (tertiary/aromatic N) is 2. The first-order valence-corrected chi connectivity index (χ1v) is 7.06. The van der Waals surface area contributed by atoms with Crippen molar-refractivity contribution in [1.29, 1.82) is 0 Å². The van der Waals surface area contributed by atoms with Crippen LogP contribution in [0, 0.1) is 5.92 Å². The van der Waals surface area contributed by atoms with Crippen LogP contribution in [-0.2, 0) is 0 Å². The molecule has 1 aliphatic rings. The van der Waals surface area contributed by atoms with Crippen molar-refractivity contribution in [1.82, 2.24) is 9.97 Å². The van der Waals surface area contributed by atoms with Crippen LogP contribution >= 0.6 is 15.9 Å². The van der Waals surface area contributed by atoms with Gasteiger partial charge in [0, 0.05) is 12.6 Å². The van der Waals surface area contributed by atoms with Crippen LogP contribution in [0.15, 0.2) is 10.8 Å². The predicted molar refractivity (Wildman–Crippen MR) is 74.3 cm³/mol. The molecule has 1 fully saturated rings. The van der Waals surface area contributed by atoms with Gasteiger partial charge in [-0.05, 0) is 34.7 Å². The second-order valence-corrected chi connectivity index (χ2v) is 5.26. The molecule has 1 saturated carbocycles. The van der Waals surface area contributed by atoms with E-state index in [-0.39, 0.29) is 0 Å². The molecule has 0 spiro atoms. The van der Waals surface area contributed by atoms with Gasteiger partial charge >= 0.3 is 0 Å². The number of halogens is 1. The highest BCUT2D eigenvalue weighted by Crippen LogP contribution is 2.37. The van der Waals surface area contributed by atoms with Crippen molar-refractivity contribution in [3.8, 4) is 0 Å². The van der Waals surface area contributed by atoms with Gasteiger partial charge in [0.25, 0.3) is 0 Å². The number of rotatable bonds is 6. The summed E-state index contributed by atoms with van der Waals surface area (Å²) in [6.07, 6.45) is 5.18. The number of hydrogen-bond donors (Lipinski definition) is 2. The Morgan fingerprint density at radius 1 is 1.35 bits per heavy atom. The number of nitrogens with one attached hydrogen (secondary N) is 2. The molecule has 0 aliphatic heterocycles. The minimum absolute atomic E-state index is 0.588. The van der Waals surface area contributed by atoms with Gasteiger partial charge < -0.3 is 10.6 Å². The molecule has 1 aliphatic carbocycles. The summed E-state index contributed by atoms with van der Waals surface area (Å²) in [6, 6.07) is 0.588. The van der Waals surface area contributed by atoms with E-state index < -0.39 is 0 Å². The molecule has 1 aromatic rings. The van der Waals surface area contributed by atoms with E-state index >= 15 is 0 Å². The lowest BCUT2D eigenvalue weighted by Gasteiger charge is -2.11. The third kappa shape index (κ3) is 3.09. The zero-order chi connectivity index (χ0) is 12.3. The summed E-state index contributed by atoms with van der Waals surface area (Å²) in [5.41, 5.74) is 0. The number of anilines is 2. The molecular weight excluding hydrogens is 280 g/mol. The Morgan fingerprint density at radius 2 is 2.12 bits per heavy atom. The molecule has 0 bridgehead atoms. The zero-order valence-corrected chi connectivity index (χ0v) is 11.9. The maximum Gasteiger partial charge on any atom is 0.146 e. The Labute approximate surface area is 111 Å². The minimum atomic E-state index is 0.588. The average Bonchev–Trinajstić information content (AvgIpc) is 3.09. The molecule has 5 heteroatoms. The van der Waals surface area contributed by atoms with E-state index in [2.05, 4.69) is 50.4 Å². The molecule has 0 aromatic carbocycles. The quantitative estimate of drug-likeness (QED) is 0.846.